The Morgan fingerprint density at radius 2 is 2.08 bits per heavy atom. The molecule has 1 fully saturated rings. The van der Waals surface area contributed by atoms with Crippen LogP contribution in [0.3, 0.4) is 0 Å². The zero-order valence-electron chi connectivity index (χ0n) is 8.83. The van der Waals surface area contributed by atoms with Crippen molar-refractivity contribution >= 4 is 0 Å². The third-order valence-electron chi connectivity index (χ3n) is 2.74. The Kier molecular flexibility index (Phi) is 4.70. The molecule has 0 spiro atoms. The fraction of sp³-hybridized carbons (Fsp3) is 1.00. The van der Waals surface area contributed by atoms with Gasteiger partial charge < -0.3 is 10.5 Å². The normalized spacial score (nSPS) is 23.1. The average Bonchev–Trinajstić information content (AvgIpc) is 2.33. The lowest BCUT2D eigenvalue weighted by molar-refractivity contribution is 0.122. The predicted molar refractivity (Wildman–Crippen MR) is 54.7 cm³/mol. The van der Waals surface area contributed by atoms with Gasteiger partial charge in [-0.1, -0.05) is 13.8 Å². The molecule has 13 heavy (non-hydrogen) atoms. The van der Waals surface area contributed by atoms with Crippen molar-refractivity contribution in [3.8, 4) is 0 Å². The highest BCUT2D eigenvalue weighted by Crippen LogP contribution is 2.11. The van der Waals surface area contributed by atoms with Crippen molar-refractivity contribution in [3.05, 3.63) is 0 Å². The van der Waals surface area contributed by atoms with Crippen molar-refractivity contribution < 1.29 is 4.74 Å². The largest absolute Gasteiger partial charge is 0.380 e. The molecule has 0 aromatic carbocycles. The molecule has 1 aliphatic rings. The standard InChI is InChI=1S/C10H22N2O/c1-9(2)10(8-11)12-4-3-6-13-7-5-12/h9-10H,3-8,11H2,1-2H3. The van der Waals surface area contributed by atoms with E-state index in [2.05, 4.69) is 18.7 Å². The maximum absolute atomic E-state index is 5.77. The molecule has 1 heterocycles. The maximum Gasteiger partial charge on any atom is 0.0593 e. The van der Waals surface area contributed by atoms with Gasteiger partial charge in [-0.2, -0.15) is 0 Å². The van der Waals surface area contributed by atoms with Crippen LogP contribution in [0.5, 0.6) is 0 Å². The van der Waals surface area contributed by atoms with E-state index in [9.17, 15) is 0 Å². The number of nitrogens with two attached hydrogens (primary N) is 1. The van der Waals surface area contributed by atoms with Gasteiger partial charge in [-0.05, 0) is 12.3 Å². The highest BCUT2D eigenvalue weighted by Gasteiger charge is 2.20. The summed E-state index contributed by atoms with van der Waals surface area (Å²) in [5.41, 5.74) is 5.77. The minimum Gasteiger partial charge on any atom is -0.380 e. The molecule has 0 aromatic rings. The lowest BCUT2D eigenvalue weighted by atomic mass is 10.0. The summed E-state index contributed by atoms with van der Waals surface area (Å²) in [7, 11) is 0. The van der Waals surface area contributed by atoms with Crippen LogP contribution >= 0.6 is 0 Å². The lowest BCUT2D eigenvalue weighted by Crippen LogP contribution is -2.45. The van der Waals surface area contributed by atoms with Crippen LogP contribution in [0.15, 0.2) is 0 Å². The van der Waals surface area contributed by atoms with Gasteiger partial charge in [0, 0.05) is 32.3 Å². The molecule has 1 unspecified atom stereocenters. The number of hydrogen-bond acceptors (Lipinski definition) is 3. The number of hydrogen-bond donors (Lipinski definition) is 1. The van der Waals surface area contributed by atoms with E-state index in [0.29, 0.717) is 12.0 Å². The van der Waals surface area contributed by atoms with E-state index in [1.165, 1.54) is 0 Å². The molecule has 0 amide bonds. The Morgan fingerprint density at radius 3 is 2.69 bits per heavy atom. The third kappa shape index (κ3) is 3.25. The third-order valence-corrected chi connectivity index (χ3v) is 2.74. The molecule has 1 aliphatic heterocycles. The summed E-state index contributed by atoms with van der Waals surface area (Å²) in [6, 6.07) is 0.529. The Bertz CT molecular complexity index is 131. The molecule has 3 nitrogen and oxygen atoms in total. The van der Waals surface area contributed by atoms with Crippen LogP contribution in [0.4, 0.5) is 0 Å². The van der Waals surface area contributed by atoms with Crippen molar-refractivity contribution in [1.29, 1.82) is 0 Å². The topological polar surface area (TPSA) is 38.5 Å². The molecule has 0 bridgehead atoms. The molecular formula is C10H22N2O. The van der Waals surface area contributed by atoms with E-state index in [-0.39, 0.29) is 0 Å². The summed E-state index contributed by atoms with van der Waals surface area (Å²) in [4.78, 5) is 2.47. The molecule has 3 heteroatoms. The van der Waals surface area contributed by atoms with E-state index in [1.54, 1.807) is 0 Å². The minimum absolute atomic E-state index is 0.529. The van der Waals surface area contributed by atoms with Crippen LogP contribution in [0.25, 0.3) is 0 Å². The minimum atomic E-state index is 0.529. The zero-order valence-corrected chi connectivity index (χ0v) is 8.83. The average molecular weight is 186 g/mol. The number of rotatable bonds is 3. The van der Waals surface area contributed by atoms with Gasteiger partial charge in [-0.25, -0.2) is 0 Å². The van der Waals surface area contributed by atoms with Gasteiger partial charge in [0.15, 0.2) is 0 Å². The van der Waals surface area contributed by atoms with Crippen molar-refractivity contribution in [2.75, 3.05) is 32.8 Å². The molecule has 1 saturated heterocycles. The number of ether oxygens (including phenoxy) is 1. The van der Waals surface area contributed by atoms with Gasteiger partial charge in [0.05, 0.1) is 6.61 Å². The van der Waals surface area contributed by atoms with Crippen LogP contribution in [-0.2, 0) is 4.74 Å². The first kappa shape index (κ1) is 11.0. The van der Waals surface area contributed by atoms with Crippen molar-refractivity contribution in [1.82, 2.24) is 4.90 Å². The second-order valence-electron chi connectivity index (χ2n) is 4.05. The van der Waals surface area contributed by atoms with Crippen molar-refractivity contribution in [2.24, 2.45) is 11.7 Å². The van der Waals surface area contributed by atoms with Gasteiger partial charge in [0.2, 0.25) is 0 Å². The Hall–Kier alpha value is -0.120. The van der Waals surface area contributed by atoms with Crippen molar-refractivity contribution in [2.45, 2.75) is 26.3 Å². The smallest absolute Gasteiger partial charge is 0.0593 e. The second kappa shape index (κ2) is 5.58. The quantitative estimate of drug-likeness (QED) is 0.705. The molecular weight excluding hydrogens is 164 g/mol. The predicted octanol–water partition coefficient (Wildman–Crippen LogP) is 0.692. The maximum atomic E-state index is 5.77. The van der Waals surface area contributed by atoms with Crippen LogP contribution < -0.4 is 5.73 Å². The molecule has 1 rings (SSSR count). The van der Waals surface area contributed by atoms with Crippen LogP contribution in [0.2, 0.25) is 0 Å². The first-order chi connectivity index (χ1) is 6.25. The molecule has 2 N–H and O–H groups in total. The first-order valence-electron chi connectivity index (χ1n) is 5.27. The summed E-state index contributed by atoms with van der Waals surface area (Å²) in [6.07, 6.45) is 1.14. The Morgan fingerprint density at radius 1 is 1.31 bits per heavy atom. The van der Waals surface area contributed by atoms with Crippen LogP contribution in [0, 0.1) is 5.92 Å². The second-order valence-corrected chi connectivity index (χ2v) is 4.05. The molecule has 0 aromatic heterocycles. The van der Waals surface area contributed by atoms with E-state index in [4.69, 9.17) is 10.5 Å². The molecule has 78 valence electrons. The highest BCUT2D eigenvalue weighted by molar-refractivity contribution is 4.76. The van der Waals surface area contributed by atoms with Gasteiger partial charge in [0.25, 0.3) is 0 Å². The summed E-state index contributed by atoms with van der Waals surface area (Å²) < 4.78 is 5.42. The first-order valence-corrected chi connectivity index (χ1v) is 5.27. The van der Waals surface area contributed by atoms with Gasteiger partial charge >= 0.3 is 0 Å². The fourth-order valence-electron chi connectivity index (χ4n) is 1.94. The number of nitrogens with zero attached hydrogens (tertiary/aromatic N) is 1. The molecule has 0 radical (unpaired) electrons. The Balaban J connectivity index is 2.45. The summed E-state index contributed by atoms with van der Waals surface area (Å²) >= 11 is 0. The lowest BCUT2D eigenvalue weighted by Gasteiger charge is -2.32. The monoisotopic (exact) mass is 186 g/mol. The van der Waals surface area contributed by atoms with Gasteiger partial charge in [0.1, 0.15) is 0 Å². The van der Waals surface area contributed by atoms with Crippen LogP contribution in [-0.4, -0.2) is 43.8 Å². The van der Waals surface area contributed by atoms with E-state index < -0.39 is 0 Å². The fourth-order valence-corrected chi connectivity index (χ4v) is 1.94. The van der Waals surface area contributed by atoms with Crippen molar-refractivity contribution in [3.63, 3.8) is 0 Å². The highest BCUT2D eigenvalue weighted by atomic mass is 16.5. The van der Waals surface area contributed by atoms with Gasteiger partial charge in [-0.15, -0.1) is 0 Å². The SMILES string of the molecule is CC(C)C(CN)N1CCCOCC1. The summed E-state index contributed by atoms with van der Waals surface area (Å²) in [5, 5.41) is 0. The van der Waals surface area contributed by atoms with E-state index in [1.807, 2.05) is 0 Å². The molecule has 0 saturated carbocycles. The van der Waals surface area contributed by atoms with E-state index in [0.717, 1.165) is 39.3 Å². The van der Waals surface area contributed by atoms with Crippen LogP contribution in [0.1, 0.15) is 20.3 Å². The Labute approximate surface area is 81.2 Å². The van der Waals surface area contributed by atoms with E-state index >= 15 is 0 Å². The summed E-state index contributed by atoms with van der Waals surface area (Å²) in [6.45, 7) is 9.19. The summed E-state index contributed by atoms with van der Waals surface area (Å²) in [5.74, 6) is 0.642. The zero-order chi connectivity index (χ0) is 9.68. The molecule has 0 aliphatic carbocycles. The van der Waals surface area contributed by atoms with Gasteiger partial charge in [-0.3, -0.25) is 4.90 Å². The molecule has 1 atom stereocenters.